The number of hydrogen-bond donors (Lipinski definition) is 0. The molecule has 0 aliphatic carbocycles. The lowest BCUT2D eigenvalue weighted by Crippen LogP contribution is -2.44. The fraction of sp³-hybridized carbons (Fsp3) is 0.370. The van der Waals surface area contributed by atoms with Crippen LogP contribution in [0.25, 0.3) is 0 Å². The Bertz CT molecular complexity index is 1350. The number of aromatic nitrogens is 1. The molecule has 0 fully saturated rings. The van der Waals surface area contributed by atoms with Crippen molar-refractivity contribution in [1.82, 2.24) is 13.8 Å². The van der Waals surface area contributed by atoms with Crippen molar-refractivity contribution in [3.63, 3.8) is 0 Å². The molecule has 1 aliphatic rings. The molecule has 0 saturated heterocycles. The minimum atomic E-state index is -3.69. The van der Waals surface area contributed by atoms with Crippen LogP contribution in [-0.2, 0) is 26.1 Å². The van der Waals surface area contributed by atoms with Gasteiger partial charge in [0.15, 0.2) is 0 Å². The van der Waals surface area contributed by atoms with Gasteiger partial charge in [0, 0.05) is 38.6 Å². The van der Waals surface area contributed by atoms with Gasteiger partial charge in [-0.2, -0.15) is 4.31 Å². The molecular weight excluding hydrogens is 481 g/mol. The lowest BCUT2D eigenvalue weighted by molar-refractivity contribution is -0.138. The van der Waals surface area contributed by atoms with Gasteiger partial charge < -0.3 is 14.2 Å². The molecule has 2 heterocycles. The van der Waals surface area contributed by atoms with Gasteiger partial charge in [-0.1, -0.05) is 29.8 Å². The van der Waals surface area contributed by atoms with Crippen LogP contribution in [0.15, 0.2) is 59.6 Å². The van der Waals surface area contributed by atoms with Crippen LogP contribution in [0.4, 0.5) is 4.39 Å². The molecule has 36 heavy (non-hydrogen) atoms. The van der Waals surface area contributed by atoms with E-state index in [2.05, 4.69) is 4.57 Å². The van der Waals surface area contributed by atoms with Gasteiger partial charge in [-0.3, -0.25) is 4.79 Å². The minimum Gasteiger partial charge on any atom is -0.370 e. The van der Waals surface area contributed by atoms with E-state index >= 15 is 0 Å². The summed E-state index contributed by atoms with van der Waals surface area (Å²) < 4.78 is 49.2. The summed E-state index contributed by atoms with van der Waals surface area (Å²) in [5.41, 5.74) is 4.02. The Labute approximate surface area is 212 Å². The van der Waals surface area contributed by atoms with Gasteiger partial charge in [0.05, 0.1) is 17.5 Å². The van der Waals surface area contributed by atoms with Gasteiger partial charge in [-0.25, -0.2) is 12.8 Å². The second-order valence-corrected chi connectivity index (χ2v) is 11.3. The third-order valence-corrected chi connectivity index (χ3v) is 8.74. The van der Waals surface area contributed by atoms with Crippen LogP contribution in [-0.4, -0.2) is 61.4 Å². The van der Waals surface area contributed by atoms with Crippen LogP contribution in [0.5, 0.6) is 0 Å². The number of likely N-dealkylation sites (N-methyl/N-ethyl adjacent to an activating group) is 1. The van der Waals surface area contributed by atoms with Crippen molar-refractivity contribution in [2.75, 3.05) is 33.4 Å². The van der Waals surface area contributed by atoms with E-state index in [-0.39, 0.29) is 31.5 Å². The molecule has 1 atom stereocenters. The molecule has 7 nitrogen and oxygen atoms in total. The largest absolute Gasteiger partial charge is 0.370 e. The number of halogens is 1. The number of benzene rings is 2. The van der Waals surface area contributed by atoms with E-state index < -0.39 is 16.1 Å². The van der Waals surface area contributed by atoms with Crippen LogP contribution in [0, 0.1) is 26.6 Å². The zero-order chi connectivity index (χ0) is 26.0. The van der Waals surface area contributed by atoms with Gasteiger partial charge >= 0.3 is 0 Å². The van der Waals surface area contributed by atoms with Crippen molar-refractivity contribution in [2.45, 2.75) is 38.3 Å². The normalized spacial score (nSPS) is 15.8. The average Bonchev–Trinajstić information content (AvgIpc) is 3.29. The van der Waals surface area contributed by atoms with Gasteiger partial charge in [-0.05, 0) is 61.7 Å². The summed E-state index contributed by atoms with van der Waals surface area (Å²) in [4.78, 5) is 15.2. The third-order valence-electron chi connectivity index (χ3n) is 6.57. The van der Waals surface area contributed by atoms with E-state index in [1.165, 1.54) is 23.5 Å². The first-order chi connectivity index (χ1) is 17.1. The molecule has 1 aromatic heterocycles. The average molecular weight is 514 g/mol. The molecule has 4 rings (SSSR count). The highest BCUT2D eigenvalue weighted by Gasteiger charge is 2.32. The summed E-state index contributed by atoms with van der Waals surface area (Å²) in [6.07, 6.45) is 1.95. The number of aryl methyl sites for hydroxylation is 3. The van der Waals surface area contributed by atoms with Crippen molar-refractivity contribution in [2.24, 2.45) is 0 Å². The van der Waals surface area contributed by atoms with E-state index in [0.717, 1.165) is 11.3 Å². The van der Waals surface area contributed by atoms with Crippen molar-refractivity contribution in [3.8, 4) is 0 Å². The van der Waals surface area contributed by atoms with Gasteiger partial charge in [0.25, 0.3) is 0 Å². The highest BCUT2D eigenvalue weighted by Crippen LogP contribution is 2.33. The SMILES string of the molecule is Cc1cc(C)c(S(=O)(=O)N(C)CCOCC(=O)N2CCn3cccc3C2c2cccc(F)c2)c(C)c1. The maximum Gasteiger partial charge on any atom is 0.249 e. The van der Waals surface area contributed by atoms with E-state index in [4.69, 9.17) is 4.74 Å². The molecule has 0 bridgehead atoms. The van der Waals surface area contributed by atoms with Crippen molar-refractivity contribution in [3.05, 3.63) is 88.5 Å². The molecule has 9 heteroatoms. The standard InChI is InChI=1S/C27H32FN3O4S/c1-19-15-20(2)27(21(3)16-19)36(33,34)29(4)13-14-35-18-25(32)31-12-11-30-10-6-9-24(30)26(31)22-7-5-8-23(28)17-22/h5-10,15-17,26H,11-14,18H2,1-4H3. The molecule has 0 N–H and O–H groups in total. The summed E-state index contributed by atoms with van der Waals surface area (Å²) in [6, 6.07) is 13.4. The lowest BCUT2D eigenvalue weighted by Gasteiger charge is -2.37. The van der Waals surface area contributed by atoms with E-state index in [9.17, 15) is 17.6 Å². The molecule has 1 unspecified atom stereocenters. The molecule has 1 amide bonds. The second kappa shape index (κ2) is 10.5. The van der Waals surface area contributed by atoms with E-state index in [0.29, 0.717) is 34.7 Å². The number of hydrogen-bond acceptors (Lipinski definition) is 4. The Morgan fingerprint density at radius 2 is 1.81 bits per heavy atom. The summed E-state index contributed by atoms with van der Waals surface area (Å²) in [7, 11) is -2.18. The Hall–Kier alpha value is -3.01. The summed E-state index contributed by atoms with van der Waals surface area (Å²) >= 11 is 0. The number of nitrogens with zero attached hydrogens (tertiary/aromatic N) is 3. The Morgan fingerprint density at radius 1 is 1.08 bits per heavy atom. The molecule has 0 radical (unpaired) electrons. The van der Waals surface area contributed by atoms with Gasteiger partial charge in [-0.15, -0.1) is 0 Å². The molecular formula is C27H32FN3O4S. The molecule has 0 saturated carbocycles. The van der Waals surface area contributed by atoms with Crippen molar-refractivity contribution in [1.29, 1.82) is 0 Å². The number of fused-ring (bicyclic) bond motifs is 1. The monoisotopic (exact) mass is 513 g/mol. The van der Waals surface area contributed by atoms with Crippen LogP contribution in [0.2, 0.25) is 0 Å². The maximum absolute atomic E-state index is 14.0. The predicted molar refractivity (Wildman–Crippen MR) is 136 cm³/mol. The number of carbonyl (C=O) groups is 1. The van der Waals surface area contributed by atoms with Crippen LogP contribution in [0.1, 0.15) is 34.0 Å². The quantitative estimate of drug-likeness (QED) is 0.430. The number of ether oxygens (including phenoxy) is 1. The number of amides is 1. The molecule has 0 spiro atoms. The third kappa shape index (κ3) is 5.23. The summed E-state index contributed by atoms with van der Waals surface area (Å²) in [5.74, 6) is -0.587. The fourth-order valence-corrected chi connectivity index (χ4v) is 6.52. The van der Waals surface area contributed by atoms with Gasteiger partial charge in [0.2, 0.25) is 15.9 Å². The number of sulfonamides is 1. The van der Waals surface area contributed by atoms with Crippen molar-refractivity contribution < 1.29 is 22.3 Å². The predicted octanol–water partition coefficient (Wildman–Crippen LogP) is 3.82. The number of carbonyl (C=O) groups excluding carboxylic acids is 1. The topological polar surface area (TPSA) is 71.8 Å². The lowest BCUT2D eigenvalue weighted by atomic mass is 9.99. The first-order valence-corrected chi connectivity index (χ1v) is 13.4. The highest BCUT2D eigenvalue weighted by atomic mass is 32.2. The minimum absolute atomic E-state index is 0.0697. The number of rotatable bonds is 8. The van der Waals surface area contributed by atoms with Crippen LogP contribution < -0.4 is 0 Å². The maximum atomic E-state index is 14.0. The molecule has 192 valence electrons. The second-order valence-electron chi connectivity index (χ2n) is 9.28. The molecule has 1 aliphatic heterocycles. The molecule has 3 aromatic rings. The van der Waals surface area contributed by atoms with Crippen LogP contribution >= 0.6 is 0 Å². The summed E-state index contributed by atoms with van der Waals surface area (Å²) in [5, 5.41) is 0. The van der Waals surface area contributed by atoms with Crippen LogP contribution in [0.3, 0.4) is 0 Å². The molecule has 2 aromatic carbocycles. The van der Waals surface area contributed by atoms with Crippen molar-refractivity contribution >= 4 is 15.9 Å². The van der Waals surface area contributed by atoms with E-state index in [1.54, 1.807) is 24.8 Å². The first-order valence-electron chi connectivity index (χ1n) is 11.9. The Balaban J connectivity index is 1.40. The van der Waals surface area contributed by atoms with E-state index in [1.807, 2.05) is 43.5 Å². The highest BCUT2D eigenvalue weighted by molar-refractivity contribution is 7.89. The zero-order valence-electron chi connectivity index (χ0n) is 21.1. The fourth-order valence-electron chi connectivity index (χ4n) is 4.96. The Kier molecular flexibility index (Phi) is 7.63. The van der Waals surface area contributed by atoms with Gasteiger partial charge in [0.1, 0.15) is 12.4 Å². The zero-order valence-corrected chi connectivity index (χ0v) is 21.9. The smallest absolute Gasteiger partial charge is 0.249 e. The first kappa shape index (κ1) is 26.1. The summed E-state index contributed by atoms with van der Waals surface area (Å²) in [6.45, 7) is 6.60. The Morgan fingerprint density at radius 3 is 2.50 bits per heavy atom.